The summed E-state index contributed by atoms with van der Waals surface area (Å²) in [6.07, 6.45) is 9.37. The number of halogens is 1. The smallest absolute Gasteiger partial charge is 0.230 e. The summed E-state index contributed by atoms with van der Waals surface area (Å²) >= 11 is 0. The van der Waals surface area contributed by atoms with Crippen LogP contribution in [0.2, 0.25) is 0 Å². The molecule has 1 saturated heterocycles. The molecule has 1 aliphatic carbocycles. The lowest BCUT2D eigenvalue weighted by Crippen LogP contribution is -2.36. The molecule has 3 rings (SSSR count). The number of alkyl halides is 1. The number of rotatable bonds is 8. The zero-order valence-electron chi connectivity index (χ0n) is 16.6. The first-order valence-electron chi connectivity index (χ1n) is 10.9. The Morgan fingerprint density at radius 3 is 2.48 bits per heavy atom. The minimum Gasteiger partial charge on any atom is -0.388 e. The highest BCUT2D eigenvalue weighted by Crippen LogP contribution is 2.36. The van der Waals surface area contributed by atoms with Gasteiger partial charge in [0.2, 0.25) is 5.91 Å². The highest BCUT2D eigenvalue weighted by molar-refractivity contribution is 5.97. The van der Waals surface area contributed by atoms with Crippen molar-refractivity contribution in [1.29, 1.82) is 0 Å². The molecule has 1 aromatic carbocycles. The predicted molar refractivity (Wildman–Crippen MR) is 108 cm³/mol. The molecule has 150 valence electrons. The fourth-order valence-corrected chi connectivity index (χ4v) is 4.73. The number of aliphatic hydroxyl groups excluding tert-OH is 1. The topological polar surface area (TPSA) is 40.5 Å². The molecule has 3 atom stereocenters. The first kappa shape index (κ1) is 20.3. The number of carbonyl (C=O) groups is 1. The van der Waals surface area contributed by atoms with E-state index in [9.17, 15) is 14.3 Å². The number of carbonyl (C=O) groups excluding carboxylic acids is 1. The fourth-order valence-electron chi connectivity index (χ4n) is 4.73. The Morgan fingerprint density at radius 1 is 1.11 bits per heavy atom. The Hall–Kier alpha value is -1.42. The molecule has 1 N–H and O–H groups in total. The van der Waals surface area contributed by atoms with Gasteiger partial charge in [0.05, 0.1) is 18.6 Å². The van der Waals surface area contributed by atoms with Gasteiger partial charge >= 0.3 is 0 Å². The Kier molecular flexibility index (Phi) is 7.28. The van der Waals surface area contributed by atoms with Gasteiger partial charge in [0.15, 0.2) is 0 Å². The van der Waals surface area contributed by atoms with Gasteiger partial charge in [0.25, 0.3) is 0 Å². The number of unbranched alkanes of at least 4 members (excludes halogenated alkanes) is 3. The van der Waals surface area contributed by atoms with Gasteiger partial charge in [0, 0.05) is 5.69 Å². The van der Waals surface area contributed by atoms with Crippen LogP contribution < -0.4 is 4.90 Å². The molecular formula is C23H34FNO2. The van der Waals surface area contributed by atoms with Crippen LogP contribution in [0.25, 0.3) is 0 Å². The zero-order valence-corrected chi connectivity index (χ0v) is 16.6. The lowest BCUT2D eigenvalue weighted by molar-refractivity contribution is -0.117. The summed E-state index contributed by atoms with van der Waals surface area (Å²) in [5.41, 5.74) is 1.67. The molecule has 3 unspecified atom stereocenters. The molecule has 1 heterocycles. The maximum absolute atomic E-state index is 14.4. The minimum absolute atomic E-state index is 0.00903. The second-order valence-corrected chi connectivity index (χ2v) is 8.34. The van der Waals surface area contributed by atoms with Crippen LogP contribution in [-0.2, 0) is 4.79 Å². The molecule has 1 saturated carbocycles. The minimum atomic E-state index is -1.08. The summed E-state index contributed by atoms with van der Waals surface area (Å²) in [4.78, 5) is 14.0. The average molecular weight is 376 g/mol. The molecule has 4 heteroatoms. The van der Waals surface area contributed by atoms with Gasteiger partial charge in [-0.3, -0.25) is 4.79 Å². The Bertz CT molecular complexity index is 597. The van der Waals surface area contributed by atoms with Gasteiger partial charge in [0.1, 0.15) is 6.17 Å². The summed E-state index contributed by atoms with van der Waals surface area (Å²) in [5.74, 6) is 0.211. The maximum atomic E-state index is 14.4. The highest BCUT2D eigenvalue weighted by Gasteiger charge is 2.40. The van der Waals surface area contributed by atoms with Gasteiger partial charge in [-0.05, 0) is 42.9 Å². The Balaban J connectivity index is 1.67. The lowest BCUT2D eigenvalue weighted by Gasteiger charge is -2.28. The maximum Gasteiger partial charge on any atom is 0.230 e. The van der Waals surface area contributed by atoms with Crippen LogP contribution in [0.3, 0.4) is 0 Å². The van der Waals surface area contributed by atoms with Crippen LogP contribution in [0.5, 0.6) is 0 Å². The molecule has 0 aromatic heterocycles. The molecule has 1 amide bonds. The van der Waals surface area contributed by atoms with E-state index in [-0.39, 0.29) is 18.4 Å². The number of nitrogens with zero attached hydrogens (tertiary/aromatic N) is 1. The van der Waals surface area contributed by atoms with Gasteiger partial charge in [-0.15, -0.1) is 0 Å². The van der Waals surface area contributed by atoms with Gasteiger partial charge in [-0.2, -0.15) is 0 Å². The molecular weight excluding hydrogens is 341 g/mol. The van der Waals surface area contributed by atoms with Crippen LogP contribution in [-0.4, -0.2) is 23.2 Å². The molecule has 3 nitrogen and oxygen atoms in total. The van der Waals surface area contributed by atoms with Crippen molar-refractivity contribution in [3.63, 3.8) is 0 Å². The Morgan fingerprint density at radius 2 is 1.81 bits per heavy atom. The van der Waals surface area contributed by atoms with E-state index in [0.29, 0.717) is 5.92 Å². The summed E-state index contributed by atoms with van der Waals surface area (Å²) in [7, 11) is 0. The molecule has 0 spiro atoms. The van der Waals surface area contributed by atoms with Crippen LogP contribution >= 0.6 is 0 Å². The first-order valence-corrected chi connectivity index (χ1v) is 10.9. The summed E-state index contributed by atoms with van der Waals surface area (Å²) in [5, 5.41) is 10.7. The number of anilines is 1. The van der Waals surface area contributed by atoms with Crippen molar-refractivity contribution in [3.8, 4) is 0 Å². The van der Waals surface area contributed by atoms with Crippen LogP contribution in [0.15, 0.2) is 24.3 Å². The van der Waals surface area contributed by atoms with Crippen molar-refractivity contribution >= 4 is 11.6 Å². The summed E-state index contributed by atoms with van der Waals surface area (Å²) in [6.45, 7) is 2.16. The standard InChI is InChI=1S/C23H34FNO2/c1-2-3-4-8-11-21-20(24)16-22(26)25(21)19-14-12-18(13-15-19)23(27)17-9-6-5-7-10-17/h12-15,17,20-21,23,27H,2-11,16H2,1H3. The van der Waals surface area contributed by atoms with Crippen LogP contribution in [0.1, 0.15) is 89.2 Å². The molecule has 2 aliphatic rings. The largest absolute Gasteiger partial charge is 0.388 e. The van der Waals surface area contributed by atoms with Crippen molar-refractivity contribution in [2.45, 2.75) is 95.9 Å². The SMILES string of the molecule is CCCCCCC1C(F)CC(=O)N1c1ccc(C(O)C2CCCCC2)cc1. The van der Waals surface area contributed by atoms with Crippen molar-refractivity contribution < 1.29 is 14.3 Å². The van der Waals surface area contributed by atoms with Crippen molar-refractivity contribution in [1.82, 2.24) is 0 Å². The summed E-state index contributed by atoms with van der Waals surface area (Å²) < 4.78 is 14.4. The number of benzene rings is 1. The number of amides is 1. The first-order chi connectivity index (χ1) is 13.1. The molecule has 27 heavy (non-hydrogen) atoms. The fraction of sp³-hybridized carbons (Fsp3) is 0.696. The molecule has 1 aliphatic heterocycles. The van der Waals surface area contributed by atoms with Gasteiger partial charge < -0.3 is 10.0 Å². The molecule has 0 radical (unpaired) electrons. The molecule has 0 bridgehead atoms. The monoisotopic (exact) mass is 375 g/mol. The van der Waals surface area contributed by atoms with E-state index in [1.165, 1.54) is 19.3 Å². The normalized spacial score (nSPS) is 25.1. The second-order valence-electron chi connectivity index (χ2n) is 8.34. The van der Waals surface area contributed by atoms with Crippen molar-refractivity contribution in [2.75, 3.05) is 4.90 Å². The number of hydrogen-bond acceptors (Lipinski definition) is 2. The highest BCUT2D eigenvalue weighted by atomic mass is 19.1. The molecule has 2 fully saturated rings. The summed E-state index contributed by atoms with van der Waals surface area (Å²) in [6, 6.07) is 7.26. The quantitative estimate of drug-likeness (QED) is 0.591. The van der Waals surface area contributed by atoms with Crippen molar-refractivity contribution in [2.24, 2.45) is 5.92 Å². The Labute approximate surface area is 163 Å². The number of aliphatic hydroxyl groups is 1. The predicted octanol–water partition coefficient (Wildman–Crippen LogP) is 5.71. The van der Waals surface area contributed by atoms with E-state index >= 15 is 0 Å². The van der Waals surface area contributed by atoms with E-state index in [2.05, 4.69) is 6.92 Å². The lowest BCUT2D eigenvalue weighted by atomic mass is 9.83. The van der Waals surface area contributed by atoms with Gasteiger partial charge in [-0.1, -0.05) is 64.0 Å². The number of hydrogen-bond donors (Lipinski definition) is 1. The van der Waals surface area contributed by atoms with Crippen LogP contribution in [0, 0.1) is 5.92 Å². The second kappa shape index (κ2) is 9.68. The van der Waals surface area contributed by atoms with E-state index in [4.69, 9.17) is 0 Å². The third-order valence-corrected chi connectivity index (χ3v) is 6.35. The van der Waals surface area contributed by atoms with Gasteiger partial charge in [-0.25, -0.2) is 4.39 Å². The third kappa shape index (κ3) is 4.90. The van der Waals surface area contributed by atoms with E-state index < -0.39 is 12.3 Å². The van der Waals surface area contributed by atoms with E-state index in [1.807, 2.05) is 24.3 Å². The third-order valence-electron chi connectivity index (χ3n) is 6.35. The van der Waals surface area contributed by atoms with Crippen molar-refractivity contribution in [3.05, 3.63) is 29.8 Å². The average Bonchev–Trinajstić information content (AvgIpc) is 2.98. The zero-order chi connectivity index (χ0) is 19.2. The molecule has 1 aromatic rings. The van der Waals surface area contributed by atoms with E-state index in [1.54, 1.807) is 4.90 Å². The van der Waals surface area contributed by atoms with E-state index in [0.717, 1.165) is 56.2 Å². The van der Waals surface area contributed by atoms with Crippen LogP contribution in [0.4, 0.5) is 10.1 Å².